The smallest absolute Gasteiger partial charge is 0.320 e. The minimum absolute atomic E-state index is 0.0486. The number of likely N-dealkylation sites (tertiary alicyclic amines) is 1. The van der Waals surface area contributed by atoms with Crippen LogP contribution in [0.25, 0.3) is 0 Å². The van der Waals surface area contributed by atoms with Crippen LogP contribution < -0.4 is 10.6 Å². The number of aromatic nitrogens is 2. The van der Waals surface area contributed by atoms with Crippen LogP contribution in [0, 0.1) is 0 Å². The number of urea groups is 1. The van der Waals surface area contributed by atoms with Crippen LogP contribution >= 0.6 is 0 Å². The lowest BCUT2D eigenvalue weighted by atomic mass is 9.94. The number of nitrogens with one attached hydrogen (secondary N) is 2. The van der Waals surface area contributed by atoms with Crippen molar-refractivity contribution in [2.45, 2.75) is 12.0 Å². The van der Waals surface area contributed by atoms with Gasteiger partial charge in [0, 0.05) is 45.8 Å². The van der Waals surface area contributed by atoms with Gasteiger partial charge in [0.15, 0.2) is 0 Å². The second-order valence-electron chi connectivity index (χ2n) is 6.31. The lowest BCUT2D eigenvalue weighted by Gasteiger charge is -2.20. The molecule has 7 heteroatoms. The molecule has 1 saturated heterocycles. The summed E-state index contributed by atoms with van der Waals surface area (Å²) in [6.45, 7) is 3.27. The zero-order valence-electron chi connectivity index (χ0n) is 14.7. The SMILES string of the molecule is COCCN1C[C@H](NC(=O)Nc2ccnn2C)[C@@H](c2ccccc2)C1. The summed E-state index contributed by atoms with van der Waals surface area (Å²) in [5, 5.41) is 10.0. The molecule has 1 aliphatic rings. The number of carbonyl (C=O) groups is 1. The van der Waals surface area contributed by atoms with E-state index in [0.29, 0.717) is 12.4 Å². The Morgan fingerprint density at radius 3 is 2.76 bits per heavy atom. The van der Waals surface area contributed by atoms with Crippen LogP contribution in [0.3, 0.4) is 0 Å². The van der Waals surface area contributed by atoms with Gasteiger partial charge < -0.3 is 10.1 Å². The fraction of sp³-hybridized carbons (Fsp3) is 0.444. The summed E-state index contributed by atoms with van der Waals surface area (Å²) in [6.07, 6.45) is 1.66. The van der Waals surface area contributed by atoms with E-state index in [4.69, 9.17) is 4.74 Å². The van der Waals surface area contributed by atoms with Crippen LogP contribution in [-0.4, -0.2) is 60.1 Å². The Hall–Kier alpha value is -2.38. The van der Waals surface area contributed by atoms with E-state index < -0.39 is 0 Å². The molecule has 2 atom stereocenters. The molecule has 0 aliphatic carbocycles. The van der Waals surface area contributed by atoms with Gasteiger partial charge in [0.2, 0.25) is 0 Å². The molecule has 0 bridgehead atoms. The quantitative estimate of drug-likeness (QED) is 0.837. The largest absolute Gasteiger partial charge is 0.383 e. The maximum absolute atomic E-state index is 12.4. The molecular formula is C18H25N5O2. The number of nitrogens with zero attached hydrogens (tertiary/aromatic N) is 3. The molecule has 2 heterocycles. The van der Waals surface area contributed by atoms with Crippen molar-refractivity contribution in [2.75, 3.05) is 38.7 Å². The van der Waals surface area contributed by atoms with Gasteiger partial charge in [-0.25, -0.2) is 4.79 Å². The van der Waals surface area contributed by atoms with E-state index in [1.165, 1.54) is 5.56 Å². The summed E-state index contributed by atoms with van der Waals surface area (Å²) in [6, 6.07) is 12.0. The molecular weight excluding hydrogens is 318 g/mol. The van der Waals surface area contributed by atoms with E-state index in [1.54, 1.807) is 31.1 Å². The van der Waals surface area contributed by atoms with Crippen molar-refractivity contribution in [3.05, 3.63) is 48.2 Å². The third-order valence-electron chi connectivity index (χ3n) is 4.61. The van der Waals surface area contributed by atoms with Crippen molar-refractivity contribution in [3.63, 3.8) is 0 Å². The Morgan fingerprint density at radius 1 is 1.28 bits per heavy atom. The third kappa shape index (κ3) is 4.37. The Labute approximate surface area is 148 Å². The van der Waals surface area contributed by atoms with Crippen molar-refractivity contribution >= 4 is 11.8 Å². The zero-order valence-corrected chi connectivity index (χ0v) is 14.7. The number of amides is 2. The molecule has 7 nitrogen and oxygen atoms in total. The fourth-order valence-electron chi connectivity index (χ4n) is 3.29. The van der Waals surface area contributed by atoms with Crippen LogP contribution in [0.5, 0.6) is 0 Å². The Kier molecular flexibility index (Phi) is 5.67. The number of hydrogen-bond donors (Lipinski definition) is 2. The van der Waals surface area contributed by atoms with E-state index in [1.807, 2.05) is 18.2 Å². The summed E-state index contributed by atoms with van der Waals surface area (Å²) < 4.78 is 6.83. The molecule has 0 unspecified atom stereocenters. The molecule has 0 radical (unpaired) electrons. The second kappa shape index (κ2) is 8.13. The number of carbonyl (C=O) groups excluding carboxylic acids is 1. The lowest BCUT2D eigenvalue weighted by Crippen LogP contribution is -2.42. The maximum Gasteiger partial charge on any atom is 0.320 e. The maximum atomic E-state index is 12.4. The van der Waals surface area contributed by atoms with Crippen LogP contribution in [0.4, 0.5) is 10.6 Å². The van der Waals surface area contributed by atoms with Crippen LogP contribution in [0.1, 0.15) is 11.5 Å². The average molecular weight is 343 g/mol. The predicted octanol–water partition coefficient (Wildman–Crippen LogP) is 1.66. The summed E-state index contributed by atoms with van der Waals surface area (Å²) in [5.41, 5.74) is 1.24. The van der Waals surface area contributed by atoms with Gasteiger partial charge in [-0.1, -0.05) is 30.3 Å². The van der Waals surface area contributed by atoms with Gasteiger partial charge in [-0.2, -0.15) is 5.10 Å². The number of methoxy groups -OCH3 is 1. The van der Waals surface area contributed by atoms with Gasteiger partial charge in [-0.3, -0.25) is 14.9 Å². The molecule has 1 fully saturated rings. The summed E-state index contributed by atoms with van der Waals surface area (Å²) in [4.78, 5) is 14.7. The first-order valence-electron chi connectivity index (χ1n) is 8.49. The first-order valence-corrected chi connectivity index (χ1v) is 8.49. The highest BCUT2D eigenvalue weighted by atomic mass is 16.5. The average Bonchev–Trinajstić information content (AvgIpc) is 3.20. The topological polar surface area (TPSA) is 71.4 Å². The molecule has 1 aliphatic heterocycles. The van der Waals surface area contributed by atoms with E-state index in [0.717, 1.165) is 19.6 Å². The molecule has 2 N–H and O–H groups in total. The molecule has 1 aromatic heterocycles. The Morgan fingerprint density at radius 2 is 2.08 bits per heavy atom. The number of benzene rings is 1. The number of aryl methyl sites for hydroxylation is 1. The van der Waals surface area contributed by atoms with Gasteiger partial charge in [-0.05, 0) is 5.56 Å². The summed E-state index contributed by atoms with van der Waals surface area (Å²) >= 11 is 0. The lowest BCUT2D eigenvalue weighted by molar-refractivity contribution is 0.159. The number of anilines is 1. The molecule has 3 rings (SSSR count). The number of ether oxygens (including phenoxy) is 1. The molecule has 0 saturated carbocycles. The van der Waals surface area contributed by atoms with Crippen LogP contribution in [0.2, 0.25) is 0 Å². The van der Waals surface area contributed by atoms with Crippen molar-refractivity contribution < 1.29 is 9.53 Å². The predicted molar refractivity (Wildman–Crippen MR) is 96.6 cm³/mol. The van der Waals surface area contributed by atoms with Crippen molar-refractivity contribution in [3.8, 4) is 0 Å². The van der Waals surface area contributed by atoms with Gasteiger partial charge in [-0.15, -0.1) is 0 Å². The second-order valence-corrected chi connectivity index (χ2v) is 6.31. The minimum Gasteiger partial charge on any atom is -0.383 e. The van der Waals surface area contributed by atoms with Gasteiger partial charge in [0.1, 0.15) is 5.82 Å². The highest BCUT2D eigenvalue weighted by molar-refractivity contribution is 5.88. The van der Waals surface area contributed by atoms with Crippen LogP contribution in [-0.2, 0) is 11.8 Å². The van der Waals surface area contributed by atoms with E-state index in [9.17, 15) is 4.79 Å². The van der Waals surface area contributed by atoms with Crippen LogP contribution in [0.15, 0.2) is 42.6 Å². The third-order valence-corrected chi connectivity index (χ3v) is 4.61. The number of rotatable bonds is 6. The monoisotopic (exact) mass is 343 g/mol. The van der Waals surface area contributed by atoms with Crippen molar-refractivity contribution in [1.29, 1.82) is 0 Å². The highest BCUT2D eigenvalue weighted by Gasteiger charge is 2.34. The minimum atomic E-state index is -0.205. The van der Waals surface area contributed by atoms with Gasteiger partial charge in [0.05, 0.1) is 18.8 Å². The molecule has 25 heavy (non-hydrogen) atoms. The van der Waals surface area contributed by atoms with E-state index >= 15 is 0 Å². The van der Waals surface area contributed by atoms with Gasteiger partial charge in [0.25, 0.3) is 0 Å². The fourth-order valence-corrected chi connectivity index (χ4v) is 3.29. The molecule has 134 valence electrons. The van der Waals surface area contributed by atoms with E-state index in [-0.39, 0.29) is 18.0 Å². The normalized spacial score (nSPS) is 20.6. The zero-order chi connectivity index (χ0) is 17.6. The molecule has 1 aromatic carbocycles. The standard InChI is InChI=1S/C18H25N5O2/c1-22-17(8-9-19-22)21-18(24)20-16-13-23(10-11-25-2)12-15(16)14-6-4-3-5-7-14/h3-9,15-16H,10-13H2,1-2H3,(H2,20,21,24)/t15-,16+/m1/s1. The molecule has 2 aromatic rings. The first kappa shape index (κ1) is 17.4. The first-order chi connectivity index (χ1) is 12.2. The van der Waals surface area contributed by atoms with Gasteiger partial charge >= 0.3 is 6.03 Å². The summed E-state index contributed by atoms with van der Waals surface area (Å²) in [5.74, 6) is 0.929. The Balaban J connectivity index is 1.67. The van der Waals surface area contributed by atoms with E-state index in [2.05, 4.69) is 32.8 Å². The van der Waals surface area contributed by atoms with Crippen molar-refractivity contribution in [2.24, 2.45) is 7.05 Å². The Bertz CT molecular complexity index is 688. The summed E-state index contributed by atoms with van der Waals surface area (Å²) in [7, 11) is 3.51. The van der Waals surface area contributed by atoms with Crippen molar-refractivity contribution in [1.82, 2.24) is 20.0 Å². The molecule has 2 amide bonds. The molecule has 0 spiro atoms. The highest BCUT2D eigenvalue weighted by Crippen LogP contribution is 2.27. The number of hydrogen-bond acceptors (Lipinski definition) is 4.